The minimum absolute atomic E-state index is 0.0485. The van der Waals surface area contributed by atoms with Crippen LogP contribution in [0.2, 0.25) is 0 Å². The Morgan fingerprint density at radius 2 is 2.00 bits per heavy atom. The molecule has 0 atom stereocenters. The van der Waals surface area contributed by atoms with Gasteiger partial charge in [0.25, 0.3) is 0 Å². The molecule has 0 spiro atoms. The lowest BCUT2D eigenvalue weighted by molar-refractivity contribution is 0.0842. The molecule has 1 N–H and O–H groups in total. The molecule has 0 aromatic heterocycles. The van der Waals surface area contributed by atoms with E-state index in [-0.39, 0.29) is 19.3 Å². The molecule has 1 aromatic carbocycles. The molecule has 1 rings (SSSR count). The van der Waals surface area contributed by atoms with Gasteiger partial charge in [0.05, 0.1) is 6.61 Å². The van der Waals surface area contributed by atoms with Gasteiger partial charge in [0.2, 0.25) is 0 Å². The smallest absolute Gasteiger partial charge is 0.410 e. The van der Waals surface area contributed by atoms with E-state index in [9.17, 15) is 4.79 Å². The minimum atomic E-state index is -0.374. The molecule has 0 heterocycles. The SMILES string of the molecule is CC(C)CN(CCO)C(=O)OCc1ccccc1. The monoisotopic (exact) mass is 251 g/mol. The number of carbonyl (C=O) groups is 1. The van der Waals surface area contributed by atoms with Crippen molar-refractivity contribution in [2.45, 2.75) is 20.5 Å². The maximum absolute atomic E-state index is 11.8. The molecular formula is C14H21NO3. The molecule has 0 aliphatic rings. The van der Waals surface area contributed by atoms with Gasteiger partial charge in [-0.25, -0.2) is 4.79 Å². The van der Waals surface area contributed by atoms with Crippen LogP contribution in [0.4, 0.5) is 4.79 Å². The number of nitrogens with zero attached hydrogens (tertiary/aromatic N) is 1. The summed E-state index contributed by atoms with van der Waals surface area (Å²) in [6.45, 7) is 5.16. The zero-order valence-electron chi connectivity index (χ0n) is 11.0. The molecule has 0 aliphatic carbocycles. The lowest BCUT2D eigenvalue weighted by Crippen LogP contribution is -2.36. The normalized spacial score (nSPS) is 10.4. The van der Waals surface area contributed by atoms with Gasteiger partial charge in [0.1, 0.15) is 6.61 Å². The molecule has 0 aliphatic heterocycles. The summed E-state index contributed by atoms with van der Waals surface area (Å²) in [5, 5.41) is 8.93. The van der Waals surface area contributed by atoms with Gasteiger partial charge in [-0.1, -0.05) is 44.2 Å². The number of aliphatic hydroxyl groups is 1. The van der Waals surface area contributed by atoms with Crippen LogP contribution < -0.4 is 0 Å². The Balaban J connectivity index is 2.46. The van der Waals surface area contributed by atoms with E-state index in [1.165, 1.54) is 4.90 Å². The Morgan fingerprint density at radius 1 is 1.33 bits per heavy atom. The standard InChI is InChI=1S/C14H21NO3/c1-12(2)10-15(8-9-16)14(17)18-11-13-6-4-3-5-7-13/h3-7,12,16H,8-11H2,1-2H3. The van der Waals surface area contributed by atoms with Crippen LogP contribution in [0.15, 0.2) is 30.3 Å². The first-order valence-corrected chi connectivity index (χ1v) is 6.20. The Morgan fingerprint density at radius 3 is 2.56 bits per heavy atom. The summed E-state index contributed by atoms with van der Waals surface area (Å²) in [6.07, 6.45) is -0.374. The predicted molar refractivity (Wildman–Crippen MR) is 70.1 cm³/mol. The van der Waals surface area contributed by atoms with Crippen molar-refractivity contribution in [3.8, 4) is 0 Å². The van der Waals surface area contributed by atoms with E-state index in [1.807, 2.05) is 44.2 Å². The summed E-state index contributed by atoms with van der Waals surface area (Å²) in [7, 11) is 0. The van der Waals surface area contributed by atoms with Gasteiger partial charge in [-0.15, -0.1) is 0 Å². The molecule has 1 aromatic rings. The van der Waals surface area contributed by atoms with E-state index in [1.54, 1.807) is 0 Å². The number of hydrogen-bond donors (Lipinski definition) is 1. The highest BCUT2D eigenvalue weighted by atomic mass is 16.6. The Labute approximate surface area is 108 Å². The van der Waals surface area contributed by atoms with E-state index in [0.717, 1.165) is 5.56 Å². The van der Waals surface area contributed by atoms with Crippen LogP contribution in [0, 0.1) is 5.92 Å². The van der Waals surface area contributed by atoms with Gasteiger partial charge < -0.3 is 14.7 Å². The second-order valence-electron chi connectivity index (χ2n) is 4.60. The highest BCUT2D eigenvalue weighted by molar-refractivity contribution is 5.67. The molecule has 0 unspecified atom stereocenters. The Bertz CT molecular complexity index is 351. The van der Waals surface area contributed by atoms with Crippen molar-refractivity contribution in [1.82, 2.24) is 4.90 Å². The van der Waals surface area contributed by atoms with E-state index >= 15 is 0 Å². The molecule has 0 saturated carbocycles. The summed E-state index contributed by atoms with van der Waals surface area (Å²) in [4.78, 5) is 13.4. The summed E-state index contributed by atoms with van der Waals surface area (Å²) in [5.41, 5.74) is 0.958. The molecule has 100 valence electrons. The maximum atomic E-state index is 11.8. The second kappa shape index (κ2) is 7.71. The third-order valence-corrected chi connectivity index (χ3v) is 2.42. The van der Waals surface area contributed by atoms with Crippen LogP contribution in [0.3, 0.4) is 0 Å². The van der Waals surface area contributed by atoms with Gasteiger partial charge in [-0.3, -0.25) is 0 Å². The first-order valence-electron chi connectivity index (χ1n) is 6.20. The fourth-order valence-corrected chi connectivity index (χ4v) is 1.63. The summed E-state index contributed by atoms with van der Waals surface area (Å²) in [6, 6.07) is 9.55. The van der Waals surface area contributed by atoms with Crippen molar-refractivity contribution >= 4 is 6.09 Å². The predicted octanol–water partition coefficient (Wildman–Crippen LogP) is 2.27. The lowest BCUT2D eigenvalue weighted by Gasteiger charge is -2.23. The third-order valence-electron chi connectivity index (χ3n) is 2.42. The lowest BCUT2D eigenvalue weighted by atomic mass is 10.2. The average Bonchev–Trinajstić information content (AvgIpc) is 2.36. The van der Waals surface area contributed by atoms with Crippen molar-refractivity contribution in [1.29, 1.82) is 0 Å². The molecular weight excluding hydrogens is 230 g/mol. The van der Waals surface area contributed by atoms with Crippen molar-refractivity contribution < 1.29 is 14.6 Å². The van der Waals surface area contributed by atoms with E-state index < -0.39 is 0 Å². The first-order chi connectivity index (χ1) is 8.63. The van der Waals surface area contributed by atoms with E-state index in [4.69, 9.17) is 9.84 Å². The zero-order chi connectivity index (χ0) is 13.4. The molecule has 18 heavy (non-hydrogen) atoms. The molecule has 0 bridgehead atoms. The largest absolute Gasteiger partial charge is 0.445 e. The van der Waals surface area contributed by atoms with E-state index in [2.05, 4.69) is 0 Å². The highest BCUT2D eigenvalue weighted by Crippen LogP contribution is 2.05. The minimum Gasteiger partial charge on any atom is -0.445 e. The van der Waals surface area contributed by atoms with Gasteiger partial charge in [0.15, 0.2) is 0 Å². The van der Waals surface area contributed by atoms with Gasteiger partial charge in [-0.05, 0) is 11.5 Å². The van der Waals surface area contributed by atoms with E-state index in [0.29, 0.717) is 19.0 Å². The summed E-state index contributed by atoms with van der Waals surface area (Å²) < 4.78 is 5.22. The van der Waals surface area contributed by atoms with Gasteiger partial charge in [-0.2, -0.15) is 0 Å². The van der Waals surface area contributed by atoms with Crippen LogP contribution in [0.5, 0.6) is 0 Å². The number of hydrogen-bond acceptors (Lipinski definition) is 3. The molecule has 1 amide bonds. The van der Waals surface area contributed by atoms with Crippen LogP contribution in [-0.2, 0) is 11.3 Å². The fourth-order valence-electron chi connectivity index (χ4n) is 1.63. The number of carbonyl (C=O) groups excluding carboxylic acids is 1. The van der Waals surface area contributed by atoms with Crippen molar-refractivity contribution in [3.05, 3.63) is 35.9 Å². The quantitative estimate of drug-likeness (QED) is 0.843. The van der Waals surface area contributed by atoms with Crippen molar-refractivity contribution in [3.63, 3.8) is 0 Å². The molecule has 0 saturated heterocycles. The number of aliphatic hydroxyl groups excluding tert-OH is 1. The van der Waals surface area contributed by atoms with Gasteiger partial charge >= 0.3 is 6.09 Å². The topological polar surface area (TPSA) is 49.8 Å². The summed E-state index contributed by atoms with van der Waals surface area (Å²) in [5.74, 6) is 0.348. The van der Waals surface area contributed by atoms with Crippen molar-refractivity contribution in [2.24, 2.45) is 5.92 Å². The number of benzene rings is 1. The van der Waals surface area contributed by atoms with Crippen LogP contribution in [-0.4, -0.2) is 35.8 Å². The molecule has 4 nitrogen and oxygen atoms in total. The summed E-state index contributed by atoms with van der Waals surface area (Å²) >= 11 is 0. The molecule has 0 fully saturated rings. The molecule has 4 heteroatoms. The number of amides is 1. The number of ether oxygens (including phenoxy) is 1. The number of rotatable bonds is 6. The maximum Gasteiger partial charge on any atom is 0.410 e. The fraction of sp³-hybridized carbons (Fsp3) is 0.500. The Kier molecular flexibility index (Phi) is 6.22. The van der Waals surface area contributed by atoms with Crippen LogP contribution in [0.1, 0.15) is 19.4 Å². The highest BCUT2D eigenvalue weighted by Gasteiger charge is 2.15. The third kappa shape index (κ3) is 5.19. The van der Waals surface area contributed by atoms with Crippen LogP contribution >= 0.6 is 0 Å². The zero-order valence-corrected chi connectivity index (χ0v) is 11.0. The first kappa shape index (κ1) is 14.5. The van der Waals surface area contributed by atoms with Crippen LogP contribution in [0.25, 0.3) is 0 Å². The average molecular weight is 251 g/mol. The second-order valence-corrected chi connectivity index (χ2v) is 4.60. The van der Waals surface area contributed by atoms with Gasteiger partial charge in [0, 0.05) is 13.1 Å². The van der Waals surface area contributed by atoms with Crippen molar-refractivity contribution in [2.75, 3.05) is 19.7 Å². The molecule has 0 radical (unpaired) electrons. The Hall–Kier alpha value is -1.55.